The van der Waals surface area contributed by atoms with Crippen LogP contribution in [0.3, 0.4) is 0 Å². The molecule has 0 saturated carbocycles. The molecule has 4 rings (SSSR count). The van der Waals surface area contributed by atoms with Crippen LogP contribution in [0.5, 0.6) is 0 Å². The van der Waals surface area contributed by atoms with Crippen molar-refractivity contribution in [1.29, 1.82) is 0 Å². The first kappa shape index (κ1) is 15.1. The van der Waals surface area contributed by atoms with E-state index < -0.39 is 14.1 Å². The Morgan fingerprint density at radius 2 is 1.88 bits per heavy atom. The van der Waals surface area contributed by atoms with E-state index in [1.54, 1.807) is 6.20 Å². The van der Waals surface area contributed by atoms with Crippen molar-refractivity contribution >= 4 is 41.8 Å². The molecule has 1 fully saturated rings. The molecule has 1 unspecified atom stereocenters. The van der Waals surface area contributed by atoms with Crippen LogP contribution in [0.25, 0.3) is 0 Å². The van der Waals surface area contributed by atoms with Crippen molar-refractivity contribution in [3.05, 3.63) is 42.6 Å². The van der Waals surface area contributed by atoms with Gasteiger partial charge in [0.05, 0.1) is 0 Å². The molecule has 1 atom stereocenters. The van der Waals surface area contributed by atoms with Crippen LogP contribution in [-0.4, -0.2) is 30.9 Å². The molecule has 2 amide bonds. The number of pyridine rings is 1. The predicted octanol–water partition coefficient (Wildman–Crippen LogP) is 1.16. The lowest BCUT2D eigenvalue weighted by Crippen LogP contribution is -2.63. The zero-order valence-electron chi connectivity index (χ0n) is 13.7. The number of imide groups is 1. The number of nitrogens with zero attached hydrogens (tertiary/aromatic N) is 2. The maximum absolute atomic E-state index is 12.5. The Morgan fingerprint density at radius 1 is 1.12 bits per heavy atom. The van der Waals surface area contributed by atoms with Crippen molar-refractivity contribution in [2.45, 2.75) is 32.0 Å². The fourth-order valence-electron chi connectivity index (χ4n) is 3.79. The van der Waals surface area contributed by atoms with Gasteiger partial charge in [-0.3, -0.25) is 14.9 Å². The summed E-state index contributed by atoms with van der Waals surface area (Å²) in [5.41, 5.74) is 1.05. The van der Waals surface area contributed by atoms with E-state index >= 15 is 0 Å². The lowest BCUT2D eigenvalue weighted by atomic mass is 10.0. The first-order valence-corrected chi connectivity index (χ1v) is 11.2. The monoisotopic (exact) mass is 337 g/mol. The number of para-hydroxylation sites is 1. The number of carbonyl (C=O) groups is 2. The van der Waals surface area contributed by atoms with Gasteiger partial charge in [-0.1, -0.05) is 37.4 Å². The first-order chi connectivity index (χ1) is 11.5. The number of rotatable bonds is 1. The van der Waals surface area contributed by atoms with E-state index in [0.717, 1.165) is 11.5 Å². The molecule has 0 aliphatic carbocycles. The standard InChI is InChI=1S/C18H19N3O2Si/c1-24(2)14-7-4-3-6-12(14)21(17-15(24)8-5-11-19-17)13-9-10-16(22)20-18(13)23/h3-8,11,13H,9-10H2,1-2H3,(H,20,22,23). The molecule has 2 aliphatic rings. The van der Waals surface area contributed by atoms with E-state index in [-0.39, 0.29) is 11.8 Å². The molecule has 122 valence electrons. The van der Waals surface area contributed by atoms with Gasteiger partial charge < -0.3 is 4.90 Å². The number of aromatic nitrogens is 1. The van der Waals surface area contributed by atoms with Crippen molar-refractivity contribution in [2.24, 2.45) is 0 Å². The summed E-state index contributed by atoms with van der Waals surface area (Å²) >= 11 is 0. The second-order valence-electron chi connectivity index (χ2n) is 6.85. The van der Waals surface area contributed by atoms with Crippen molar-refractivity contribution in [1.82, 2.24) is 10.3 Å². The van der Waals surface area contributed by atoms with Crippen molar-refractivity contribution in [2.75, 3.05) is 4.90 Å². The Labute approximate surface area is 141 Å². The molecule has 3 heterocycles. The third-order valence-corrected chi connectivity index (χ3v) is 8.55. The average molecular weight is 337 g/mol. The smallest absolute Gasteiger partial charge is 0.249 e. The van der Waals surface area contributed by atoms with Gasteiger partial charge in [0.15, 0.2) is 0 Å². The second-order valence-corrected chi connectivity index (χ2v) is 11.2. The Bertz CT molecular complexity index is 800. The fourth-order valence-corrected chi connectivity index (χ4v) is 6.70. The lowest BCUT2D eigenvalue weighted by Gasteiger charge is -2.43. The van der Waals surface area contributed by atoms with Crippen LogP contribution in [0.1, 0.15) is 12.8 Å². The van der Waals surface area contributed by atoms with Gasteiger partial charge in [-0.05, 0) is 28.9 Å². The number of hydrogen-bond donors (Lipinski definition) is 1. The largest absolute Gasteiger partial charge is 0.314 e. The maximum atomic E-state index is 12.5. The highest BCUT2D eigenvalue weighted by Crippen LogP contribution is 2.33. The normalized spacial score (nSPS) is 21.8. The van der Waals surface area contributed by atoms with Gasteiger partial charge in [-0.15, -0.1) is 0 Å². The zero-order valence-corrected chi connectivity index (χ0v) is 14.7. The van der Waals surface area contributed by atoms with Gasteiger partial charge in [0.25, 0.3) is 0 Å². The van der Waals surface area contributed by atoms with Gasteiger partial charge in [0, 0.05) is 18.3 Å². The minimum Gasteiger partial charge on any atom is -0.314 e. The topological polar surface area (TPSA) is 62.3 Å². The van der Waals surface area contributed by atoms with E-state index in [1.807, 2.05) is 17.0 Å². The van der Waals surface area contributed by atoms with E-state index in [1.165, 1.54) is 10.4 Å². The third kappa shape index (κ3) is 2.10. The number of piperidine rings is 1. The Morgan fingerprint density at radius 3 is 2.67 bits per heavy atom. The minimum absolute atomic E-state index is 0.197. The van der Waals surface area contributed by atoms with E-state index in [0.29, 0.717) is 12.8 Å². The first-order valence-electron chi connectivity index (χ1n) is 8.18. The number of fused-ring (bicyclic) bond motifs is 2. The van der Waals surface area contributed by atoms with Crippen LogP contribution >= 0.6 is 0 Å². The van der Waals surface area contributed by atoms with Gasteiger partial charge in [-0.2, -0.15) is 0 Å². The number of nitrogens with one attached hydrogen (secondary N) is 1. The average Bonchev–Trinajstić information content (AvgIpc) is 2.57. The van der Waals surface area contributed by atoms with E-state index in [9.17, 15) is 9.59 Å². The summed E-state index contributed by atoms with van der Waals surface area (Å²) in [6, 6.07) is 12.0. The fraction of sp³-hybridized carbons (Fsp3) is 0.278. The van der Waals surface area contributed by atoms with Crippen LogP contribution in [0.15, 0.2) is 42.6 Å². The van der Waals surface area contributed by atoms with Gasteiger partial charge in [-0.25, -0.2) is 4.98 Å². The number of hydrogen-bond acceptors (Lipinski definition) is 4. The minimum atomic E-state index is -1.88. The Kier molecular flexibility index (Phi) is 3.31. The molecule has 1 aromatic carbocycles. The molecule has 0 spiro atoms. The summed E-state index contributed by atoms with van der Waals surface area (Å²) < 4.78 is 0. The molecule has 6 heteroatoms. The Hall–Kier alpha value is -2.47. The second kappa shape index (κ2) is 5.27. The summed E-state index contributed by atoms with van der Waals surface area (Å²) in [5, 5.41) is 5.00. The van der Waals surface area contributed by atoms with Crippen LogP contribution in [0.4, 0.5) is 11.5 Å². The number of anilines is 2. The predicted molar refractivity (Wildman–Crippen MR) is 95.7 cm³/mol. The summed E-state index contributed by atoms with van der Waals surface area (Å²) in [6.07, 6.45) is 2.64. The molecule has 0 radical (unpaired) electrons. The van der Waals surface area contributed by atoms with Crippen molar-refractivity contribution in [3.63, 3.8) is 0 Å². The summed E-state index contributed by atoms with van der Waals surface area (Å²) in [7, 11) is -1.88. The van der Waals surface area contributed by atoms with E-state index in [2.05, 4.69) is 47.7 Å². The molecule has 1 saturated heterocycles. The lowest BCUT2D eigenvalue weighted by molar-refractivity contribution is -0.133. The summed E-state index contributed by atoms with van der Waals surface area (Å²) in [6.45, 7) is 4.63. The quantitative estimate of drug-likeness (QED) is 0.627. The molecule has 0 bridgehead atoms. The molecule has 1 aromatic heterocycles. The molecule has 2 aliphatic heterocycles. The van der Waals surface area contributed by atoms with Gasteiger partial charge in [0.2, 0.25) is 11.8 Å². The maximum Gasteiger partial charge on any atom is 0.249 e. The zero-order chi connectivity index (χ0) is 16.9. The van der Waals surface area contributed by atoms with Crippen molar-refractivity contribution < 1.29 is 9.59 Å². The van der Waals surface area contributed by atoms with Crippen LogP contribution in [-0.2, 0) is 9.59 Å². The van der Waals surface area contributed by atoms with Crippen LogP contribution < -0.4 is 20.6 Å². The van der Waals surface area contributed by atoms with Crippen molar-refractivity contribution in [3.8, 4) is 0 Å². The van der Waals surface area contributed by atoms with Gasteiger partial charge >= 0.3 is 0 Å². The highest BCUT2D eigenvalue weighted by Gasteiger charge is 2.43. The summed E-state index contributed by atoms with van der Waals surface area (Å²) in [4.78, 5) is 30.7. The Balaban J connectivity index is 1.92. The van der Waals surface area contributed by atoms with Crippen LogP contribution in [0.2, 0.25) is 13.1 Å². The SMILES string of the molecule is C[Si]1(C)c2ccccc2N(C2CCC(=O)NC2=O)c2ncccc21. The summed E-state index contributed by atoms with van der Waals surface area (Å²) in [5.74, 6) is 0.430. The van der Waals surface area contributed by atoms with E-state index in [4.69, 9.17) is 0 Å². The van der Waals surface area contributed by atoms with Crippen LogP contribution in [0, 0.1) is 0 Å². The highest BCUT2D eigenvalue weighted by atomic mass is 28.3. The third-order valence-electron chi connectivity index (χ3n) is 5.05. The highest BCUT2D eigenvalue weighted by molar-refractivity contribution is 7.02. The molecular weight excluding hydrogens is 318 g/mol. The number of carbonyl (C=O) groups excluding carboxylic acids is 2. The molecular formula is C18H19N3O2Si. The number of amides is 2. The van der Waals surface area contributed by atoms with Gasteiger partial charge in [0.1, 0.15) is 19.9 Å². The molecule has 24 heavy (non-hydrogen) atoms. The molecule has 5 nitrogen and oxygen atoms in total. The number of benzene rings is 1. The molecule has 2 aromatic rings. The molecule has 1 N–H and O–H groups in total.